The van der Waals surface area contributed by atoms with Crippen molar-refractivity contribution < 1.29 is 19.4 Å². The molecule has 0 heterocycles. The second-order valence-electron chi connectivity index (χ2n) is 6.81. The van der Waals surface area contributed by atoms with Crippen molar-refractivity contribution in [2.75, 3.05) is 20.8 Å². The minimum atomic E-state index is -0.409. The van der Waals surface area contributed by atoms with Crippen LogP contribution in [0.5, 0.6) is 17.2 Å². The maximum Gasteiger partial charge on any atom is 0.251 e. The number of ether oxygens (including phenoxy) is 2. The van der Waals surface area contributed by atoms with Crippen molar-refractivity contribution in [1.82, 2.24) is 5.32 Å². The van der Waals surface area contributed by atoms with E-state index in [0.29, 0.717) is 12.1 Å². The van der Waals surface area contributed by atoms with Gasteiger partial charge in [-0.1, -0.05) is 20.3 Å². The van der Waals surface area contributed by atoms with E-state index in [1.54, 1.807) is 0 Å². The van der Waals surface area contributed by atoms with E-state index in [4.69, 9.17) is 15.2 Å². The molecule has 6 nitrogen and oxygen atoms in total. The lowest BCUT2D eigenvalue weighted by Gasteiger charge is -2.38. The summed E-state index contributed by atoms with van der Waals surface area (Å²) in [6, 6.07) is 2.96. The van der Waals surface area contributed by atoms with Gasteiger partial charge in [0.15, 0.2) is 11.5 Å². The first kappa shape index (κ1) is 17.4. The van der Waals surface area contributed by atoms with Crippen LogP contribution in [0.4, 0.5) is 0 Å². The summed E-state index contributed by atoms with van der Waals surface area (Å²) in [6.07, 6.45) is 3.02. The zero-order valence-electron chi connectivity index (χ0n) is 14.2. The molecular formula is C17H26N2O4. The molecule has 4 N–H and O–H groups in total. The van der Waals surface area contributed by atoms with Crippen LogP contribution in [0.15, 0.2) is 12.1 Å². The van der Waals surface area contributed by atoms with E-state index >= 15 is 0 Å². The molecule has 1 amide bonds. The molecule has 1 aromatic carbocycles. The number of hydrogen-bond donors (Lipinski definition) is 3. The van der Waals surface area contributed by atoms with Crippen molar-refractivity contribution in [3.63, 3.8) is 0 Å². The molecule has 23 heavy (non-hydrogen) atoms. The molecule has 0 radical (unpaired) electrons. The Bertz CT molecular complexity index is 575. The highest BCUT2D eigenvalue weighted by Crippen LogP contribution is 2.44. The molecule has 128 valence electrons. The number of carbonyl (C=O) groups is 1. The Balaban J connectivity index is 2.15. The van der Waals surface area contributed by atoms with Crippen molar-refractivity contribution in [3.8, 4) is 17.2 Å². The van der Waals surface area contributed by atoms with E-state index in [-0.39, 0.29) is 28.6 Å². The van der Waals surface area contributed by atoms with Gasteiger partial charge in [-0.3, -0.25) is 4.79 Å². The van der Waals surface area contributed by atoms with Gasteiger partial charge in [0.05, 0.1) is 14.2 Å². The van der Waals surface area contributed by atoms with Gasteiger partial charge >= 0.3 is 0 Å². The lowest BCUT2D eigenvalue weighted by atomic mass is 9.75. The minimum absolute atomic E-state index is 0.00931. The molecule has 1 aromatic rings. The van der Waals surface area contributed by atoms with E-state index in [1.807, 2.05) is 0 Å². The first-order valence-corrected chi connectivity index (χ1v) is 7.76. The van der Waals surface area contributed by atoms with Gasteiger partial charge in [0.2, 0.25) is 5.75 Å². The van der Waals surface area contributed by atoms with Gasteiger partial charge in [0.1, 0.15) is 0 Å². The summed E-state index contributed by atoms with van der Waals surface area (Å²) in [5.74, 6) is -0.00999. The van der Waals surface area contributed by atoms with Crippen LogP contribution in [-0.4, -0.2) is 37.3 Å². The second-order valence-corrected chi connectivity index (χ2v) is 6.81. The zero-order chi connectivity index (χ0) is 17.3. The van der Waals surface area contributed by atoms with Crippen molar-refractivity contribution in [2.45, 2.75) is 38.6 Å². The Morgan fingerprint density at radius 2 is 1.83 bits per heavy atom. The molecular weight excluding hydrogens is 296 g/mol. The normalized spacial score (nSPS) is 22.7. The molecule has 1 aliphatic carbocycles. The SMILES string of the molecule is COc1cc(C(=O)NCC2(N)CCCC2(C)C)cc(OC)c1O. The molecule has 0 spiro atoms. The fourth-order valence-electron chi connectivity index (χ4n) is 3.13. The van der Waals surface area contributed by atoms with Gasteiger partial charge in [0.25, 0.3) is 5.91 Å². The second kappa shape index (κ2) is 6.28. The van der Waals surface area contributed by atoms with Gasteiger partial charge in [-0.05, 0) is 30.4 Å². The summed E-state index contributed by atoms with van der Waals surface area (Å²) in [5, 5.41) is 12.8. The smallest absolute Gasteiger partial charge is 0.251 e. The number of amides is 1. The molecule has 0 aromatic heterocycles. The van der Waals surface area contributed by atoms with Crippen molar-refractivity contribution in [2.24, 2.45) is 11.1 Å². The first-order valence-electron chi connectivity index (χ1n) is 7.76. The van der Waals surface area contributed by atoms with E-state index in [9.17, 15) is 9.90 Å². The van der Waals surface area contributed by atoms with Crippen LogP contribution in [0, 0.1) is 5.41 Å². The lowest BCUT2D eigenvalue weighted by Crippen LogP contribution is -2.56. The van der Waals surface area contributed by atoms with E-state index in [1.165, 1.54) is 26.4 Å². The number of benzene rings is 1. The lowest BCUT2D eigenvalue weighted by molar-refractivity contribution is 0.0924. The molecule has 1 unspecified atom stereocenters. The number of methoxy groups -OCH3 is 2. The molecule has 1 saturated carbocycles. The molecule has 1 aliphatic rings. The Kier molecular flexibility index (Phi) is 4.75. The quantitative estimate of drug-likeness (QED) is 0.771. The summed E-state index contributed by atoms with van der Waals surface area (Å²) in [5.41, 5.74) is 6.43. The van der Waals surface area contributed by atoms with Crippen LogP contribution >= 0.6 is 0 Å². The number of phenols is 1. The van der Waals surface area contributed by atoms with Crippen LogP contribution in [-0.2, 0) is 0 Å². The Morgan fingerprint density at radius 1 is 1.26 bits per heavy atom. The average Bonchev–Trinajstić information content (AvgIpc) is 2.78. The number of nitrogens with one attached hydrogen (secondary N) is 1. The standard InChI is InChI=1S/C17H26N2O4/c1-16(2)6-5-7-17(16,18)10-19-15(21)11-8-12(22-3)14(20)13(9-11)23-4/h8-9,20H,5-7,10,18H2,1-4H3,(H,19,21). The third-order valence-corrected chi connectivity index (χ3v) is 5.08. The predicted molar refractivity (Wildman–Crippen MR) is 88.1 cm³/mol. The van der Waals surface area contributed by atoms with Crippen LogP contribution in [0.2, 0.25) is 0 Å². The topological polar surface area (TPSA) is 93.8 Å². The van der Waals surface area contributed by atoms with Gasteiger partial charge < -0.3 is 25.6 Å². The molecule has 6 heteroatoms. The van der Waals surface area contributed by atoms with Crippen LogP contribution in [0.25, 0.3) is 0 Å². The number of rotatable bonds is 5. The Morgan fingerprint density at radius 3 is 2.26 bits per heavy atom. The monoisotopic (exact) mass is 322 g/mol. The zero-order valence-corrected chi connectivity index (χ0v) is 14.2. The number of aromatic hydroxyl groups is 1. The largest absolute Gasteiger partial charge is 0.502 e. The van der Waals surface area contributed by atoms with Crippen LogP contribution in [0.3, 0.4) is 0 Å². The van der Waals surface area contributed by atoms with Crippen LogP contribution < -0.4 is 20.5 Å². The molecule has 0 aliphatic heterocycles. The van der Waals surface area contributed by atoms with E-state index in [2.05, 4.69) is 19.2 Å². The van der Waals surface area contributed by atoms with Crippen molar-refractivity contribution in [1.29, 1.82) is 0 Å². The predicted octanol–water partition coefficient (Wildman–Crippen LogP) is 2.05. The van der Waals surface area contributed by atoms with E-state index < -0.39 is 5.54 Å². The number of carbonyl (C=O) groups excluding carboxylic acids is 1. The number of phenolic OH excluding ortho intramolecular Hbond substituents is 1. The van der Waals surface area contributed by atoms with Crippen molar-refractivity contribution in [3.05, 3.63) is 17.7 Å². The molecule has 1 fully saturated rings. The van der Waals surface area contributed by atoms with E-state index in [0.717, 1.165) is 19.3 Å². The first-order chi connectivity index (χ1) is 10.7. The van der Waals surface area contributed by atoms with Gasteiger partial charge in [-0.2, -0.15) is 0 Å². The third kappa shape index (κ3) is 3.22. The maximum absolute atomic E-state index is 12.4. The molecule has 1 atom stereocenters. The van der Waals surface area contributed by atoms with Crippen molar-refractivity contribution >= 4 is 5.91 Å². The molecule has 0 bridgehead atoms. The summed E-state index contributed by atoms with van der Waals surface area (Å²) < 4.78 is 10.1. The fraction of sp³-hybridized carbons (Fsp3) is 0.588. The van der Waals surface area contributed by atoms with Gasteiger partial charge in [-0.15, -0.1) is 0 Å². The summed E-state index contributed by atoms with van der Waals surface area (Å²) in [4.78, 5) is 12.4. The maximum atomic E-state index is 12.4. The third-order valence-electron chi connectivity index (χ3n) is 5.08. The molecule has 0 saturated heterocycles. The Labute approximate surface area is 137 Å². The molecule has 2 rings (SSSR count). The highest BCUT2D eigenvalue weighted by molar-refractivity contribution is 5.95. The Hall–Kier alpha value is -1.95. The summed E-state index contributed by atoms with van der Waals surface area (Å²) in [7, 11) is 2.85. The average molecular weight is 322 g/mol. The summed E-state index contributed by atoms with van der Waals surface area (Å²) in [6.45, 7) is 4.68. The highest BCUT2D eigenvalue weighted by Gasteiger charge is 2.45. The van der Waals surface area contributed by atoms with Gasteiger partial charge in [-0.25, -0.2) is 0 Å². The van der Waals surface area contributed by atoms with Gasteiger partial charge in [0, 0.05) is 17.6 Å². The highest BCUT2D eigenvalue weighted by atomic mass is 16.5. The number of nitrogens with two attached hydrogens (primary N) is 1. The number of hydrogen-bond acceptors (Lipinski definition) is 5. The summed E-state index contributed by atoms with van der Waals surface area (Å²) >= 11 is 0. The van der Waals surface area contributed by atoms with Crippen LogP contribution in [0.1, 0.15) is 43.5 Å². The minimum Gasteiger partial charge on any atom is -0.502 e. The fourth-order valence-corrected chi connectivity index (χ4v) is 3.13.